The molecule has 2 aliphatic rings. The minimum atomic E-state index is -0.689. The summed E-state index contributed by atoms with van der Waals surface area (Å²) < 4.78 is 11.8. The van der Waals surface area contributed by atoms with Crippen molar-refractivity contribution in [2.75, 3.05) is 0 Å². The second kappa shape index (κ2) is 8.26. The van der Waals surface area contributed by atoms with E-state index in [1.54, 1.807) is 4.90 Å². The van der Waals surface area contributed by atoms with E-state index in [1.165, 1.54) is 32.1 Å². The molecule has 0 aromatic heterocycles. The van der Waals surface area contributed by atoms with E-state index in [1.807, 2.05) is 50.3 Å². The van der Waals surface area contributed by atoms with Crippen molar-refractivity contribution >= 4 is 6.09 Å². The normalized spacial score (nSPS) is 25.8. The van der Waals surface area contributed by atoms with Gasteiger partial charge in [0.25, 0.3) is 0 Å². The highest BCUT2D eigenvalue weighted by atomic mass is 16.6. The molecule has 3 rings (SSSR count). The van der Waals surface area contributed by atoms with E-state index in [4.69, 9.17) is 9.47 Å². The highest BCUT2D eigenvalue weighted by Gasteiger charge is 2.50. The number of rotatable bonds is 5. The Morgan fingerprint density at radius 2 is 1.96 bits per heavy atom. The lowest BCUT2D eigenvalue weighted by atomic mass is 9.83. The number of nitrogens with zero attached hydrogens (tertiary/aromatic N) is 1. The summed E-state index contributed by atoms with van der Waals surface area (Å²) in [5, 5.41) is 0. The van der Waals surface area contributed by atoms with Gasteiger partial charge in [-0.15, -0.1) is 6.58 Å². The summed E-state index contributed by atoms with van der Waals surface area (Å²) >= 11 is 0. The Hall–Kier alpha value is -1.81. The third-order valence-corrected chi connectivity index (χ3v) is 5.65. The fourth-order valence-electron chi connectivity index (χ4n) is 4.37. The highest BCUT2D eigenvalue weighted by molar-refractivity contribution is 5.69. The van der Waals surface area contributed by atoms with Crippen LogP contribution < -0.4 is 0 Å². The average Bonchev–Trinajstić information content (AvgIpc) is 2.91. The van der Waals surface area contributed by atoms with Crippen LogP contribution in [0.1, 0.15) is 57.9 Å². The monoisotopic (exact) mass is 357 g/mol. The molecule has 0 spiro atoms. The molecule has 2 fully saturated rings. The lowest BCUT2D eigenvalue weighted by Crippen LogP contribution is -2.49. The highest BCUT2D eigenvalue weighted by Crippen LogP contribution is 2.39. The predicted molar refractivity (Wildman–Crippen MR) is 103 cm³/mol. The van der Waals surface area contributed by atoms with Gasteiger partial charge in [0.2, 0.25) is 0 Å². The third-order valence-electron chi connectivity index (χ3n) is 5.65. The molecule has 1 saturated heterocycles. The van der Waals surface area contributed by atoms with Gasteiger partial charge in [-0.25, -0.2) is 4.79 Å². The van der Waals surface area contributed by atoms with Crippen LogP contribution in [0.4, 0.5) is 4.79 Å². The molecule has 26 heavy (non-hydrogen) atoms. The van der Waals surface area contributed by atoms with E-state index in [0.29, 0.717) is 5.92 Å². The standard InChI is InChI=1S/C22H31NO3/c1-4-20-19(15-17-11-7-5-8-12-17)23(22(2,3)26-20)21(24)25-16-18-13-9-6-10-14-18/h4,6,9-10,13-14,17,19-20H,1,5,7-8,11-12,15-16H2,2-3H3/t19-,20+/m0/s1. The first-order chi connectivity index (χ1) is 12.5. The van der Waals surface area contributed by atoms with Crippen LogP contribution in [0.2, 0.25) is 0 Å². The predicted octanol–water partition coefficient (Wildman–Crippen LogP) is 5.29. The molecule has 1 heterocycles. The first kappa shape index (κ1) is 19.0. The van der Waals surface area contributed by atoms with Crippen LogP contribution >= 0.6 is 0 Å². The molecule has 2 atom stereocenters. The van der Waals surface area contributed by atoms with E-state index in [-0.39, 0.29) is 24.8 Å². The largest absolute Gasteiger partial charge is 0.444 e. The quantitative estimate of drug-likeness (QED) is 0.673. The summed E-state index contributed by atoms with van der Waals surface area (Å²) in [4.78, 5) is 14.7. The Kier molecular flexibility index (Phi) is 6.02. The van der Waals surface area contributed by atoms with Gasteiger partial charge in [-0.05, 0) is 31.7 Å². The molecular weight excluding hydrogens is 326 g/mol. The van der Waals surface area contributed by atoms with Crippen molar-refractivity contribution in [3.63, 3.8) is 0 Å². The van der Waals surface area contributed by atoms with Crippen LogP contribution in [0.3, 0.4) is 0 Å². The van der Waals surface area contributed by atoms with E-state index < -0.39 is 5.72 Å². The molecule has 1 aromatic rings. The maximum atomic E-state index is 12.9. The first-order valence-electron chi connectivity index (χ1n) is 9.81. The summed E-state index contributed by atoms with van der Waals surface area (Å²) in [6.07, 6.45) is 8.75. The van der Waals surface area contributed by atoms with Crippen LogP contribution in [-0.4, -0.2) is 28.9 Å². The second-order valence-electron chi connectivity index (χ2n) is 7.98. The molecule has 1 amide bonds. The number of carbonyl (C=O) groups is 1. The number of hydrogen-bond donors (Lipinski definition) is 0. The number of hydrogen-bond acceptors (Lipinski definition) is 3. The molecular formula is C22H31NO3. The van der Waals surface area contributed by atoms with Crippen LogP contribution in [-0.2, 0) is 16.1 Å². The van der Waals surface area contributed by atoms with E-state index in [2.05, 4.69) is 6.58 Å². The number of carbonyl (C=O) groups excluding carboxylic acids is 1. The Morgan fingerprint density at radius 1 is 1.27 bits per heavy atom. The first-order valence-corrected chi connectivity index (χ1v) is 9.81. The average molecular weight is 357 g/mol. The minimum absolute atomic E-state index is 0.00567. The van der Waals surface area contributed by atoms with Gasteiger partial charge >= 0.3 is 6.09 Å². The van der Waals surface area contributed by atoms with Crippen LogP contribution in [0.5, 0.6) is 0 Å². The number of ether oxygens (including phenoxy) is 2. The minimum Gasteiger partial charge on any atom is -0.444 e. The summed E-state index contributed by atoms with van der Waals surface area (Å²) in [5.74, 6) is 0.651. The number of benzene rings is 1. The molecule has 0 bridgehead atoms. The zero-order valence-electron chi connectivity index (χ0n) is 16.0. The number of amides is 1. The zero-order valence-corrected chi connectivity index (χ0v) is 16.0. The molecule has 1 saturated carbocycles. The van der Waals surface area contributed by atoms with E-state index in [9.17, 15) is 4.79 Å². The van der Waals surface area contributed by atoms with Gasteiger partial charge in [-0.1, -0.05) is 68.5 Å². The maximum absolute atomic E-state index is 12.9. The van der Waals surface area contributed by atoms with E-state index >= 15 is 0 Å². The van der Waals surface area contributed by atoms with E-state index in [0.717, 1.165) is 12.0 Å². The van der Waals surface area contributed by atoms with Gasteiger partial charge < -0.3 is 9.47 Å². The van der Waals surface area contributed by atoms with Crippen molar-refractivity contribution in [2.45, 2.75) is 76.9 Å². The molecule has 0 unspecified atom stereocenters. The Bertz CT molecular complexity index is 607. The Morgan fingerprint density at radius 3 is 2.62 bits per heavy atom. The van der Waals surface area contributed by atoms with Gasteiger partial charge in [0.15, 0.2) is 0 Å². The molecule has 0 N–H and O–H groups in total. The fraction of sp³-hybridized carbons (Fsp3) is 0.591. The van der Waals surface area contributed by atoms with Gasteiger partial charge in [-0.2, -0.15) is 0 Å². The summed E-state index contributed by atoms with van der Waals surface area (Å²) in [6, 6.07) is 9.78. The molecule has 0 radical (unpaired) electrons. The molecule has 1 aromatic carbocycles. The SMILES string of the molecule is C=C[C@H]1OC(C)(C)N(C(=O)OCc2ccccc2)[C@H]1CC1CCCCC1. The van der Waals surface area contributed by atoms with Crippen LogP contribution in [0.25, 0.3) is 0 Å². The molecule has 1 aliphatic heterocycles. The lowest BCUT2D eigenvalue weighted by Gasteiger charge is -2.35. The fourth-order valence-corrected chi connectivity index (χ4v) is 4.37. The van der Waals surface area contributed by atoms with Gasteiger partial charge in [-0.3, -0.25) is 4.90 Å². The summed E-state index contributed by atoms with van der Waals surface area (Å²) in [6.45, 7) is 8.09. The Labute approximate surface area is 157 Å². The smallest absolute Gasteiger partial charge is 0.412 e. The van der Waals surface area contributed by atoms with Crippen molar-refractivity contribution < 1.29 is 14.3 Å². The van der Waals surface area contributed by atoms with Gasteiger partial charge in [0, 0.05) is 0 Å². The van der Waals surface area contributed by atoms with Gasteiger partial charge in [0.1, 0.15) is 12.3 Å². The van der Waals surface area contributed by atoms with Crippen LogP contribution in [0, 0.1) is 5.92 Å². The van der Waals surface area contributed by atoms with Crippen molar-refractivity contribution in [3.05, 3.63) is 48.6 Å². The van der Waals surface area contributed by atoms with Crippen molar-refractivity contribution in [2.24, 2.45) is 5.92 Å². The van der Waals surface area contributed by atoms with Crippen molar-refractivity contribution in [1.82, 2.24) is 4.90 Å². The topological polar surface area (TPSA) is 38.8 Å². The Balaban J connectivity index is 1.71. The van der Waals surface area contributed by atoms with Crippen molar-refractivity contribution in [1.29, 1.82) is 0 Å². The zero-order chi connectivity index (χ0) is 18.6. The summed E-state index contributed by atoms with van der Waals surface area (Å²) in [7, 11) is 0. The molecule has 142 valence electrons. The lowest BCUT2D eigenvalue weighted by molar-refractivity contribution is -0.0617. The summed E-state index contributed by atoms with van der Waals surface area (Å²) in [5.41, 5.74) is 0.300. The molecule has 4 nitrogen and oxygen atoms in total. The second-order valence-corrected chi connectivity index (χ2v) is 7.98. The van der Waals surface area contributed by atoms with Crippen LogP contribution in [0.15, 0.2) is 43.0 Å². The van der Waals surface area contributed by atoms with Gasteiger partial charge in [0.05, 0.1) is 12.1 Å². The maximum Gasteiger partial charge on any atom is 0.412 e. The molecule has 1 aliphatic carbocycles. The molecule has 4 heteroatoms. The third kappa shape index (κ3) is 4.29. The van der Waals surface area contributed by atoms with Crippen molar-refractivity contribution in [3.8, 4) is 0 Å².